The van der Waals surface area contributed by atoms with Crippen molar-refractivity contribution in [2.75, 3.05) is 13.1 Å². The van der Waals surface area contributed by atoms with Gasteiger partial charge in [-0.1, -0.05) is 24.3 Å². The Bertz CT molecular complexity index is 751. The van der Waals surface area contributed by atoms with Crippen molar-refractivity contribution >= 4 is 11.8 Å². The Kier molecular flexibility index (Phi) is 4.14. The molecule has 3 rings (SSSR count). The molecule has 6 heteroatoms. The Hall–Kier alpha value is -2.63. The number of hydrogen-bond donors (Lipinski definition) is 1. The highest BCUT2D eigenvalue weighted by atomic mass is 16.2. The molecule has 0 spiro atoms. The molecule has 0 fully saturated rings. The van der Waals surface area contributed by atoms with Gasteiger partial charge in [0.1, 0.15) is 5.69 Å². The lowest BCUT2D eigenvalue weighted by Gasteiger charge is -2.29. The first-order valence-corrected chi connectivity index (χ1v) is 7.68. The molecular formula is C17H20N4O2. The van der Waals surface area contributed by atoms with Gasteiger partial charge in [0.2, 0.25) is 5.91 Å². The third-order valence-corrected chi connectivity index (χ3v) is 4.12. The fourth-order valence-electron chi connectivity index (χ4n) is 2.89. The summed E-state index contributed by atoms with van der Waals surface area (Å²) in [6.07, 6.45) is 0.858. The van der Waals surface area contributed by atoms with E-state index in [0.29, 0.717) is 18.8 Å². The van der Waals surface area contributed by atoms with E-state index in [1.54, 1.807) is 18.0 Å². The zero-order valence-electron chi connectivity index (χ0n) is 13.4. The second-order valence-corrected chi connectivity index (χ2v) is 5.81. The average molecular weight is 312 g/mol. The van der Waals surface area contributed by atoms with Gasteiger partial charge in [0.05, 0.1) is 12.2 Å². The van der Waals surface area contributed by atoms with Gasteiger partial charge in [0, 0.05) is 20.1 Å². The van der Waals surface area contributed by atoms with Crippen LogP contribution >= 0.6 is 0 Å². The molecule has 1 N–H and O–H groups in total. The first kappa shape index (κ1) is 15.3. The number of nitrogens with zero attached hydrogens (tertiary/aromatic N) is 3. The molecule has 23 heavy (non-hydrogen) atoms. The Balaban J connectivity index is 1.58. The number of aromatic nitrogens is 2. The van der Waals surface area contributed by atoms with E-state index in [0.717, 1.165) is 12.1 Å². The van der Waals surface area contributed by atoms with Gasteiger partial charge in [-0.15, -0.1) is 0 Å². The largest absolute Gasteiger partial charge is 0.342 e. The average Bonchev–Trinajstić information content (AvgIpc) is 2.90. The number of rotatable bonds is 3. The van der Waals surface area contributed by atoms with Crippen molar-refractivity contribution in [2.45, 2.75) is 19.9 Å². The molecular weight excluding hydrogens is 292 g/mol. The minimum atomic E-state index is -0.279. The lowest BCUT2D eigenvalue weighted by atomic mass is 10.00. The van der Waals surface area contributed by atoms with Gasteiger partial charge in [-0.3, -0.25) is 14.3 Å². The lowest BCUT2D eigenvalue weighted by molar-refractivity contribution is -0.131. The minimum Gasteiger partial charge on any atom is -0.342 e. The molecule has 1 aromatic heterocycles. The monoisotopic (exact) mass is 312 g/mol. The van der Waals surface area contributed by atoms with Crippen LogP contribution in [0.25, 0.3) is 0 Å². The van der Waals surface area contributed by atoms with E-state index in [9.17, 15) is 9.59 Å². The van der Waals surface area contributed by atoms with Crippen LogP contribution in [0.15, 0.2) is 30.3 Å². The van der Waals surface area contributed by atoms with Crippen molar-refractivity contribution in [1.29, 1.82) is 0 Å². The molecule has 1 aliphatic heterocycles. The van der Waals surface area contributed by atoms with Crippen LogP contribution in [0.1, 0.15) is 27.3 Å². The van der Waals surface area contributed by atoms with Gasteiger partial charge in [0.25, 0.3) is 5.91 Å². The molecule has 2 amide bonds. The summed E-state index contributed by atoms with van der Waals surface area (Å²) >= 11 is 0. The third-order valence-electron chi connectivity index (χ3n) is 4.12. The fourth-order valence-corrected chi connectivity index (χ4v) is 2.89. The van der Waals surface area contributed by atoms with E-state index in [-0.39, 0.29) is 18.4 Å². The number of nitrogens with one attached hydrogen (secondary N) is 1. The second-order valence-electron chi connectivity index (χ2n) is 5.81. The normalized spacial score (nSPS) is 13.6. The predicted octanol–water partition coefficient (Wildman–Crippen LogP) is 1.04. The Labute approximate surface area is 135 Å². The van der Waals surface area contributed by atoms with E-state index in [1.165, 1.54) is 15.8 Å². The van der Waals surface area contributed by atoms with E-state index in [1.807, 2.05) is 25.1 Å². The molecule has 1 aromatic carbocycles. The van der Waals surface area contributed by atoms with Crippen molar-refractivity contribution < 1.29 is 9.59 Å². The number of aryl methyl sites for hydroxylation is 2. The maximum absolute atomic E-state index is 12.3. The zero-order valence-corrected chi connectivity index (χ0v) is 13.4. The topological polar surface area (TPSA) is 67.2 Å². The van der Waals surface area contributed by atoms with Crippen molar-refractivity contribution in [2.24, 2.45) is 7.05 Å². The summed E-state index contributed by atoms with van der Waals surface area (Å²) in [5.41, 5.74) is 3.71. The highest BCUT2D eigenvalue weighted by molar-refractivity contribution is 5.95. The fraction of sp³-hybridized carbons (Fsp3) is 0.353. The molecule has 0 unspecified atom stereocenters. The quantitative estimate of drug-likeness (QED) is 0.921. The molecule has 0 bridgehead atoms. The Morgan fingerprint density at radius 3 is 2.70 bits per heavy atom. The van der Waals surface area contributed by atoms with Crippen molar-refractivity contribution in [3.05, 3.63) is 52.8 Å². The van der Waals surface area contributed by atoms with Crippen LogP contribution in [0.4, 0.5) is 0 Å². The minimum absolute atomic E-state index is 0.00519. The molecule has 0 saturated heterocycles. The smallest absolute Gasteiger partial charge is 0.269 e. The van der Waals surface area contributed by atoms with Crippen LogP contribution in [0.5, 0.6) is 0 Å². The number of amides is 2. The second kappa shape index (κ2) is 6.24. The van der Waals surface area contributed by atoms with Crippen LogP contribution in [0, 0.1) is 6.92 Å². The standard InChI is InChI=1S/C17H20N4O2/c1-12-9-15(20(2)19-12)17(23)18-10-16(22)21-8-7-13-5-3-4-6-14(13)11-21/h3-6,9H,7-8,10-11H2,1-2H3,(H,18,23). The van der Waals surface area contributed by atoms with Crippen LogP contribution in [0.3, 0.4) is 0 Å². The van der Waals surface area contributed by atoms with Crippen LogP contribution in [-0.2, 0) is 24.8 Å². The first-order chi connectivity index (χ1) is 11.0. The number of benzene rings is 1. The maximum atomic E-state index is 12.3. The summed E-state index contributed by atoms with van der Waals surface area (Å²) in [4.78, 5) is 26.2. The van der Waals surface area contributed by atoms with Crippen molar-refractivity contribution in [3.8, 4) is 0 Å². The first-order valence-electron chi connectivity index (χ1n) is 7.68. The van der Waals surface area contributed by atoms with Crippen LogP contribution < -0.4 is 5.32 Å². The van der Waals surface area contributed by atoms with Gasteiger partial charge in [-0.05, 0) is 30.5 Å². The highest BCUT2D eigenvalue weighted by Crippen LogP contribution is 2.18. The van der Waals surface area contributed by atoms with Gasteiger partial charge in [-0.2, -0.15) is 5.10 Å². The summed E-state index contributed by atoms with van der Waals surface area (Å²) in [5.74, 6) is -0.342. The van der Waals surface area contributed by atoms with Crippen LogP contribution in [0.2, 0.25) is 0 Å². The number of fused-ring (bicyclic) bond motifs is 1. The van der Waals surface area contributed by atoms with E-state index in [2.05, 4.69) is 16.5 Å². The van der Waals surface area contributed by atoms with Gasteiger partial charge >= 0.3 is 0 Å². The Morgan fingerprint density at radius 2 is 2.00 bits per heavy atom. The SMILES string of the molecule is Cc1cc(C(=O)NCC(=O)N2CCc3ccccc3C2)n(C)n1. The third kappa shape index (κ3) is 3.26. The molecule has 120 valence electrons. The molecule has 2 heterocycles. The van der Waals surface area contributed by atoms with E-state index in [4.69, 9.17) is 0 Å². The molecule has 1 aliphatic rings. The summed E-state index contributed by atoms with van der Waals surface area (Å²) in [6.45, 7) is 3.13. The Morgan fingerprint density at radius 1 is 1.26 bits per heavy atom. The summed E-state index contributed by atoms with van der Waals surface area (Å²) in [5, 5.41) is 6.82. The molecule has 0 radical (unpaired) electrons. The predicted molar refractivity (Wildman–Crippen MR) is 85.8 cm³/mol. The lowest BCUT2D eigenvalue weighted by Crippen LogP contribution is -2.42. The van der Waals surface area contributed by atoms with E-state index < -0.39 is 0 Å². The van der Waals surface area contributed by atoms with Crippen molar-refractivity contribution in [3.63, 3.8) is 0 Å². The van der Waals surface area contributed by atoms with E-state index >= 15 is 0 Å². The summed E-state index contributed by atoms with van der Waals surface area (Å²) in [6, 6.07) is 9.86. The zero-order chi connectivity index (χ0) is 16.4. The number of carbonyl (C=O) groups excluding carboxylic acids is 2. The van der Waals surface area contributed by atoms with Gasteiger partial charge in [-0.25, -0.2) is 0 Å². The highest BCUT2D eigenvalue weighted by Gasteiger charge is 2.21. The summed E-state index contributed by atoms with van der Waals surface area (Å²) in [7, 11) is 1.71. The molecule has 6 nitrogen and oxygen atoms in total. The van der Waals surface area contributed by atoms with Gasteiger partial charge in [0.15, 0.2) is 0 Å². The number of carbonyl (C=O) groups is 2. The number of hydrogen-bond acceptors (Lipinski definition) is 3. The van der Waals surface area contributed by atoms with Crippen LogP contribution in [-0.4, -0.2) is 39.6 Å². The molecule has 2 aromatic rings. The maximum Gasteiger partial charge on any atom is 0.269 e. The molecule has 0 saturated carbocycles. The molecule has 0 aliphatic carbocycles. The molecule has 0 atom stereocenters. The van der Waals surface area contributed by atoms with Gasteiger partial charge < -0.3 is 10.2 Å². The van der Waals surface area contributed by atoms with Crippen molar-refractivity contribution in [1.82, 2.24) is 20.0 Å². The summed E-state index contributed by atoms with van der Waals surface area (Å²) < 4.78 is 1.52.